The minimum Gasteiger partial charge on any atom is -0.507 e. The number of hydrogen-bond donors (Lipinski definition) is 1. The van der Waals surface area contributed by atoms with Gasteiger partial charge in [0.15, 0.2) is 4.34 Å². The molecule has 3 aromatic carbocycles. The van der Waals surface area contributed by atoms with Gasteiger partial charge in [0.2, 0.25) is 5.13 Å². The molecule has 2 heterocycles. The third-order valence-corrected chi connectivity index (χ3v) is 8.74. The van der Waals surface area contributed by atoms with Gasteiger partial charge in [-0.2, -0.15) is 0 Å². The summed E-state index contributed by atoms with van der Waals surface area (Å²) >= 11 is 2.74. The zero-order chi connectivity index (χ0) is 29.6. The van der Waals surface area contributed by atoms with Crippen LogP contribution in [0.15, 0.2) is 82.7 Å². The van der Waals surface area contributed by atoms with Crippen molar-refractivity contribution >= 4 is 45.7 Å². The molecule has 5 rings (SSSR count). The van der Waals surface area contributed by atoms with Gasteiger partial charge in [-0.25, -0.2) is 0 Å². The molecule has 1 atom stereocenters. The van der Waals surface area contributed by atoms with Crippen molar-refractivity contribution in [3.05, 3.63) is 101 Å². The molecule has 1 fully saturated rings. The highest BCUT2D eigenvalue weighted by Crippen LogP contribution is 2.44. The highest BCUT2D eigenvalue weighted by atomic mass is 32.2. The van der Waals surface area contributed by atoms with Crippen LogP contribution >= 0.6 is 23.1 Å². The predicted octanol–water partition coefficient (Wildman–Crippen LogP) is 6.95. The van der Waals surface area contributed by atoms with E-state index in [2.05, 4.69) is 34.5 Å². The van der Waals surface area contributed by atoms with Crippen LogP contribution in [0.1, 0.15) is 48.6 Å². The van der Waals surface area contributed by atoms with Crippen molar-refractivity contribution < 1.29 is 24.2 Å². The molecule has 1 amide bonds. The number of carbonyl (C=O) groups excluding carboxylic acids is 2. The number of hydrogen-bond acceptors (Lipinski definition) is 9. The normalized spacial score (nSPS) is 16.2. The maximum absolute atomic E-state index is 13.6. The molecule has 10 heteroatoms. The fraction of sp³-hybridized carbons (Fsp3) is 0.250. The Hall–Kier alpha value is -4.15. The highest BCUT2D eigenvalue weighted by Gasteiger charge is 2.48. The lowest BCUT2D eigenvalue weighted by Gasteiger charge is -2.23. The Bertz CT molecular complexity index is 1600. The summed E-state index contributed by atoms with van der Waals surface area (Å²) in [4.78, 5) is 28.4. The van der Waals surface area contributed by atoms with Crippen molar-refractivity contribution in [1.29, 1.82) is 0 Å². The molecule has 42 heavy (non-hydrogen) atoms. The standard InChI is InChI=1S/C32H31N3O5S2/c1-4-17-40-24-15-13-22(14-16-24)28(36)26-27(23-7-6-8-25(18-23)39-5-2)35(30(38)29(26)37)31-33-34-32(42-31)41-19-21-11-9-20(3)10-12-21/h6-16,18,27,36H,4-5,17,19H2,1-3H3/b28-26+. The van der Waals surface area contributed by atoms with Gasteiger partial charge in [0, 0.05) is 11.3 Å². The zero-order valence-corrected chi connectivity index (χ0v) is 25.2. The summed E-state index contributed by atoms with van der Waals surface area (Å²) in [5.74, 6) is 0.0743. The van der Waals surface area contributed by atoms with E-state index in [9.17, 15) is 14.7 Å². The molecule has 1 N–H and O–H groups in total. The number of aryl methyl sites for hydroxylation is 1. The summed E-state index contributed by atoms with van der Waals surface area (Å²) in [7, 11) is 0. The van der Waals surface area contributed by atoms with Crippen molar-refractivity contribution in [2.24, 2.45) is 0 Å². The van der Waals surface area contributed by atoms with Crippen LogP contribution in [-0.2, 0) is 15.3 Å². The number of amides is 1. The molecule has 1 aromatic heterocycles. The molecule has 0 saturated carbocycles. The third kappa shape index (κ3) is 6.34. The molecule has 0 bridgehead atoms. The summed E-state index contributed by atoms with van der Waals surface area (Å²) in [6, 6.07) is 21.3. The van der Waals surface area contributed by atoms with Gasteiger partial charge in [0.25, 0.3) is 5.78 Å². The molecule has 216 valence electrons. The minimum absolute atomic E-state index is 0.0278. The first-order chi connectivity index (χ1) is 20.4. The maximum atomic E-state index is 13.6. The van der Waals surface area contributed by atoms with E-state index < -0.39 is 17.7 Å². The van der Waals surface area contributed by atoms with E-state index in [0.717, 1.165) is 12.0 Å². The largest absolute Gasteiger partial charge is 0.507 e. The Labute approximate surface area is 253 Å². The van der Waals surface area contributed by atoms with Crippen molar-refractivity contribution in [3.8, 4) is 11.5 Å². The van der Waals surface area contributed by atoms with Crippen LogP contribution < -0.4 is 14.4 Å². The van der Waals surface area contributed by atoms with Crippen molar-refractivity contribution in [2.75, 3.05) is 18.1 Å². The topological polar surface area (TPSA) is 102 Å². The van der Waals surface area contributed by atoms with Crippen LogP contribution in [0.3, 0.4) is 0 Å². The maximum Gasteiger partial charge on any atom is 0.301 e. The van der Waals surface area contributed by atoms with Gasteiger partial charge >= 0.3 is 5.91 Å². The summed E-state index contributed by atoms with van der Waals surface area (Å²) in [5.41, 5.74) is 3.30. The van der Waals surface area contributed by atoms with Gasteiger partial charge in [0.1, 0.15) is 17.3 Å². The first-order valence-electron chi connectivity index (χ1n) is 13.7. The van der Waals surface area contributed by atoms with Crippen molar-refractivity contribution in [3.63, 3.8) is 0 Å². The predicted molar refractivity (Wildman–Crippen MR) is 165 cm³/mol. The first kappa shape index (κ1) is 29.3. The van der Waals surface area contributed by atoms with Crippen LogP contribution in [0.5, 0.6) is 11.5 Å². The summed E-state index contributed by atoms with van der Waals surface area (Å²) in [5, 5.41) is 20.3. The summed E-state index contributed by atoms with van der Waals surface area (Å²) < 4.78 is 12.0. The van der Waals surface area contributed by atoms with Crippen molar-refractivity contribution in [2.45, 2.75) is 43.3 Å². The minimum atomic E-state index is -0.927. The van der Waals surface area contributed by atoms with Gasteiger partial charge < -0.3 is 14.6 Å². The van der Waals surface area contributed by atoms with E-state index in [1.54, 1.807) is 48.5 Å². The van der Waals surface area contributed by atoms with Gasteiger partial charge in [-0.05, 0) is 67.8 Å². The van der Waals surface area contributed by atoms with Crippen LogP contribution in [0.2, 0.25) is 0 Å². The third-order valence-electron chi connectivity index (χ3n) is 6.61. The second-order valence-electron chi connectivity index (χ2n) is 9.67. The first-order valence-corrected chi connectivity index (χ1v) is 15.5. The molecular formula is C32H31N3O5S2. The van der Waals surface area contributed by atoms with Gasteiger partial charge in [0.05, 0.1) is 24.8 Å². The average Bonchev–Trinajstić information content (AvgIpc) is 3.57. The highest BCUT2D eigenvalue weighted by molar-refractivity contribution is 8.00. The Morgan fingerprint density at radius 2 is 1.74 bits per heavy atom. The summed E-state index contributed by atoms with van der Waals surface area (Å²) in [6.45, 7) is 6.96. The molecule has 1 unspecified atom stereocenters. The Balaban J connectivity index is 1.52. The number of benzene rings is 3. The molecular weight excluding hydrogens is 571 g/mol. The molecule has 1 aliphatic rings. The molecule has 1 aliphatic heterocycles. The van der Waals surface area contributed by atoms with Crippen molar-refractivity contribution in [1.82, 2.24) is 10.2 Å². The number of thioether (sulfide) groups is 1. The fourth-order valence-electron chi connectivity index (χ4n) is 4.56. The zero-order valence-electron chi connectivity index (χ0n) is 23.6. The van der Waals surface area contributed by atoms with Crippen LogP contribution in [0.4, 0.5) is 5.13 Å². The number of ether oxygens (including phenoxy) is 2. The number of ketones is 1. The van der Waals surface area contributed by atoms with E-state index >= 15 is 0 Å². The van der Waals surface area contributed by atoms with E-state index in [-0.39, 0.29) is 16.5 Å². The number of Topliss-reactive ketones (excluding diaryl/α,β-unsaturated/α-hetero) is 1. The molecule has 0 radical (unpaired) electrons. The smallest absolute Gasteiger partial charge is 0.301 e. The fourth-order valence-corrected chi connectivity index (χ4v) is 6.38. The lowest BCUT2D eigenvalue weighted by Crippen LogP contribution is -2.29. The lowest BCUT2D eigenvalue weighted by atomic mass is 9.95. The Morgan fingerprint density at radius 3 is 2.45 bits per heavy atom. The number of rotatable bonds is 11. The number of aliphatic hydroxyl groups is 1. The summed E-state index contributed by atoms with van der Waals surface area (Å²) in [6.07, 6.45) is 0.865. The quantitative estimate of drug-likeness (QED) is 0.0648. The molecule has 1 saturated heterocycles. The SMILES string of the molecule is CCCOc1ccc(/C(O)=C2\C(=O)C(=O)N(c3nnc(SCc4ccc(C)cc4)s3)C2c2cccc(OCC)c2)cc1. The average molecular weight is 602 g/mol. The van der Waals surface area contributed by atoms with Gasteiger partial charge in [-0.15, -0.1) is 10.2 Å². The molecule has 4 aromatic rings. The number of aliphatic hydroxyl groups excluding tert-OH is 1. The number of anilines is 1. The Kier molecular flexibility index (Phi) is 9.24. The second kappa shape index (κ2) is 13.2. The lowest BCUT2D eigenvalue weighted by molar-refractivity contribution is -0.132. The van der Waals surface area contributed by atoms with E-state index in [1.165, 1.54) is 33.6 Å². The second-order valence-corrected chi connectivity index (χ2v) is 11.9. The molecule has 8 nitrogen and oxygen atoms in total. The van der Waals surface area contributed by atoms with E-state index in [1.807, 2.05) is 20.8 Å². The number of carbonyl (C=O) groups is 2. The van der Waals surface area contributed by atoms with Crippen LogP contribution in [0, 0.1) is 6.92 Å². The monoisotopic (exact) mass is 601 g/mol. The van der Waals surface area contributed by atoms with Gasteiger partial charge in [-0.1, -0.05) is 72.0 Å². The number of aromatic nitrogens is 2. The van der Waals surface area contributed by atoms with Crippen LogP contribution in [-0.4, -0.2) is 40.2 Å². The van der Waals surface area contributed by atoms with Gasteiger partial charge in [-0.3, -0.25) is 14.5 Å². The van der Waals surface area contributed by atoms with E-state index in [0.29, 0.717) is 45.9 Å². The molecule has 0 spiro atoms. The van der Waals surface area contributed by atoms with Crippen LogP contribution in [0.25, 0.3) is 5.76 Å². The number of nitrogens with zero attached hydrogens (tertiary/aromatic N) is 3. The van der Waals surface area contributed by atoms with E-state index in [4.69, 9.17) is 9.47 Å². The molecule has 0 aliphatic carbocycles. The Morgan fingerprint density at radius 1 is 0.976 bits per heavy atom.